The monoisotopic (exact) mass is 322 g/mol. The average molecular weight is 322 g/mol. The van der Waals surface area contributed by atoms with Gasteiger partial charge in [-0.2, -0.15) is 0 Å². The molecule has 1 heterocycles. The molecule has 2 rings (SSSR count). The van der Waals surface area contributed by atoms with Gasteiger partial charge in [0.25, 0.3) is 0 Å². The van der Waals surface area contributed by atoms with Gasteiger partial charge in [-0.15, -0.1) is 0 Å². The van der Waals surface area contributed by atoms with Crippen LogP contribution in [0.15, 0.2) is 30.3 Å². The van der Waals surface area contributed by atoms with Crippen LogP contribution in [0.1, 0.15) is 26.3 Å². The molecule has 0 spiro atoms. The Hall–Kier alpha value is -1.63. The molecule has 6 heteroatoms. The van der Waals surface area contributed by atoms with Crippen LogP contribution in [0.3, 0.4) is 0 Å². The Morgan fingerprint density at radius 1 is 1.30 bits per heavy atom. The second kappa shape index (κ2) is 7.77. The molecule has 2 atom stereocenters. The number of aliphatic hydroxyl groups excluding tert-OH is 1. The number of hydrogen-bond acceptors (Lipinski definition) is 5. The minimum absolute atomic E-state index is 0.342. The standard InChI is InChI=1S/C17H26N2O4/c1-17(2,3)23-16(21)18-14-9-19(10-15(14)20)12-22-11-13-7-5-4-6-8-13/h4-8,14-15,20H,9-12H2,1-3H3,(H,18,21)/t14-,15-/m0/s1. The molecule has 128 valence electrons. The van der Waals surface area contributed by atoms with E-state index in [-0.39, 0.29) is 6.04 Å². The fourth-order valence-electron chi connectivity index (χ4n) is 2.44. The number of β-amino-alcohol motifs (C(OH)–C–C–N with tert-alkyl or cyclic N) is 1. The Balaban J connectivity index is 1.72. The van der Waals surface area contributed by atoms with E-state index < -0.39 is 17.8 Å². The number of likely N-dealkylation sites (tertiary alicyclic amines) is 1. The molecule has 1 amide bonds. The van der Waals surface area contributed by atoms with E-state index >= 15 is 0 Å². The predicted molar refractivity (Wildman–Crippen MR) is 86.8 cm³/mol. The molecule has 1 aliphatic heterocycles. The van der Waals surface area contributed by atoms with Crippen molar-refractivity contribution in [2.24, 2.45) is 0 Å². The van der Waals surface area contributed by atoms with Crippen molar-refractivity contribution in [2.45, 2.75) is 45.1 Å². The van der Waals surface area contributed by atoms with Crippen LogP contribution in [0.2, 0.25) is 0 Å². The lowest BCUT2D eigenvalue weighted by molar-refractivity contribution is 0.0245. The highest BCUT2D eigenvalue weighted by Gasteiger charge is 2.33. The van der Waals surface area contributed by atoms with Gasteiger partial charge >= 0.3 is 6.09 Å². The third-order valence-electron chi connectivity index (χ3n) is 3.45. The Kier molecular flexibility index (Phi) is 5.98. The summed E-state index contributed by atoms with van der Waals surface area (Å²) in [6.07, 6.45) is -1.13. The van der Waals surface area contributed by atoms with Crippen molar-refractivity contribution >= 4 is 6.09 Å². The van der Waals surface area contributed by atoms with E-state index in [9.17, 15) is 9.90 Å². The lowest BCUT2D eigenvalue weighted by atomic mass is 10.2. The van der Waals surface area contributed by atoms with E-state index in [2.05, 4.69) is 5.32 Å². The summed E-state index contributed by atoms with van der Waals surface area (Å²) in [5.74, 6) is 0. The molecule has 0 saturated carbocycles. The van der Waals surface area contributed by atoms with Crippen LogP contribution in [-0.2, 0) is 16.1 Å². The molecular formula is C17H26N2O4. The molecule has 0 bridgehead atoms. The maximum Gasteiger partial charge on any atom is 0.408 e. The lowest BCUT2D eigenvalue weighted by Gasteiger charge is -2.22. The molecule has 23 heavy (non-hydrogen) atoms. The number of aliphatic hydroxyl groups is 1. The largest absolute Gasteiger partial charge is 0.444 e. The highest BCUT2D eigenvalue weighted by atomic mass is 16.6. The summed E-state index contributed by atoms with van der Waals surface area (Å²) in [5.41, 5.74) is 0.558. The minimum atomic E-state index is -0.622. The number of ether oxygens (including phenoxy) is 2. The van der Waals surface area contributed by atoms with Gasteiger partial charge in [0.1, 0.15) is 5.60 Å². The normalized spacial score (nSPS) is 22.1. The molecule has 6 nitrogen and oxygen atoms in total. The van der Waals surface area contributed by atoms with Gasteiger partial charge in [0.2, 0.25) is 0 Å². The van der Waals surface area contributed by atoms with Crippen LogP contribution in [0.4, 0.5) is 4.79 Å². The van der Waals surface area contributed by atoms with E-state index in [0.717, 1.165) is 5.56 Å². The van der Waals surface area contributed by atoms with E-state index in [1.165, 1.54) is 0 Å². The summed E-state index contributed by atoms with van der Waals surface area (Å²) in [5, 5.41) is 12.8. The summed E-state index contributed by atoms with van der Waals surface area (Å²) in [6, 6.07) is 9.58. The Morgan fingerprint density at radius 2 is 2.00 bits per heavy atom. The lowest BCUT2D eigenvalue weighted by Crippen LogP contribution is -2.45. The second-order valence-electron chi connectivity index (χ2n) is 6.82. The van der Waals surface area contributed by atoms with Crippen LogP contribution in [0.25, 0.3) is 0 Å². The zero-order valence-electron chi connectivity index (χ0n) is 14.0. The van der Waals surface area contributed by atoms with Gasteiger partial charge in [-0.1, -0.05) is 30.3 Å². The number of hydrogen-bond donors (Lipinski definition) is 2. The maximum atomic E-state index is 11.8. The van der Waals surface area contributed by atoms with Gasteiger partial charge in [-0.25, -0.2) is 4.79 Å². The Morgan fingerprint density at radius 3 is 2.65 bits per heavy atom. The average Bonchev–Trinajstić information content (AvgIpc) is 2.78. The molecule has 0 radical (unpaired) electrons. The highest BCUT2D eigenvalue weighted by molar-refractivity contribution is 5.68. The van der Waals surface area contributed by atoms with Crippen molar-refractivity contribution < 1.29 is 19.4 Å². The molecule has 0 aliphatic carbocycles. The number of benzene rings is 1. The van der Waals surface area contributed by atoms with E-state index in [1.807, 2.05) is 35.2 Å². The molecule has 0 aromatic heterocycles. The quantitative estimate of drug-likeness (QED) is 0.864. The first-order valence-electron chi connectivity index (χ1n) is 7.85. The van der Waals surface area contributed by atoms with Gasteiger partial charge in [0.15, 0.2) is 0 Å². The first-order chi connectivity index (χ1) is 10.8. The van der Waals surface area contributed by atoms with Crippen LogP contribution in [0.5, 0.6) is 0 Å². The summed E-state index contributed by atoms with van der Waals surface area (Å²) < 4.78 is 10.9. The molecule has 2 N–H and O–H groups in total. The van der Waals surface area contributed by atoms with Crippen molar-refractivity contribution in [2.75, 3.05) is 19.8 Å². The van der Waals surface area contributed by atoms with Crippen molar-refractivity contribution in [1.82, 2.24) is 10.2 Å². The fourth-order valence-corrected chi connectivity index (χ4v) is 2.44. The highest BCUT2D eigenvalue weighted by Crippen LogP contribution is 2.13. The van der Waals surface area contributed by atoms with E-state index in [0.29, 0.717) is 26.4 Å². The smallest absolute Gasteiger partial charge is 0.408 e. The summed E-state index contributed by atoms with van der Waals surface area (Å²) in [7, 11) is 0. The molecule has 1 aromatic rings. The van der Waals surface area contributed by atoms with E-state index in [1.54, 1.807) is 20.8 Å². The number of alkyl carbamates (subject to hydrolysis) is 1. The Labute approximate surface area is 137 Å². The molecule has 1 saturated heterocycles. The molecule has 1 aromatic carbocycles. The topological polar surface area (TPSA) is 71.0 Å². The number of rotatable bonds is 5. The van der Waals surface area contributed by atoms with Crippen LogP contribution >= 0.6 is 0 Å². The van der Waals surface area contributed by atoms with Gasteiger partial charge in [-0.05, 0) is 26.3 Å². The summed E-state index contributed by atoms with van der Waals surface area (Å²) in [6.45, 7) is 7.37. The molecule has 1 fully saturated rings. The van der Waals surface area contributed by atoms with Gasteiger partial charge < -0.3 is 19.9 Å². The number of carbonyl (C=O) groups excluding carboxylic acids is 1. The first kappa shape index (κ1) is 17.7. The van der Waals surface area contributed by atoms with Gasteiger partial charge in [0, 0.05) is 13.1 Å². The SMILES string of the molecule is CC(C)(C)OC(=O)N[C@H]1CN(COCc2ccccc2)C[C@@H]1O. The van der Waals surface area contributed by atoms with Crippen molar-refractivity contribution in [3.63, 3.8) is 0 Å². The number of carbonyl (C=O) groups is 1. The first-order valence-corrected chi connectivity index (χ1v) is 7.85. The zero-order chi connectivity index (χ0) is 16.9. The van der Waals surface area contributed by atoms with Crippen molar-refractivity contribution in [3.05, 3.63) is 35.9 Å². The summed E-state index contributed by atoms with van der Waals surface area (Å²) >= 11 is 0. The fraction of sp³-hybridized carbons (Fsp3) is 0.588. The van der Waals surface area contributed by atoms with Gasteiger partial charge in [-0.3, -0.25) is 4.90 Å². The molecular weight excluding hydrogens is 296 g/mol. The van der Waals surface area contributed by atoms with Crippen molar-refractivity contribution in [1.29, 1.82) is 0 Å². The zero-order valence-corrected chi connectivity index (χ0v) is 14.0. The van der Waals surface area contributed by atoms with E-state index in [4.69, 9.17) is 9.47 Å². The second-order valence-corrected chi connectivity index (χ2v) is 6.82. The Bertz CT molecular complexity index is 501. The van der Waals surface area contributed by atoms with Crippen molar-refractivity contribution in [3.8, 4) is 0 Å². The predicted octanol–water partition coefficient (Wildman–Crippen LogP) is 1.73. The molecule has 0 unspecified atom stereocenters. The minimum Gasteiger partial charge on any atom is -0.444 e. The molecule has 1 aliphatic rings. The number of nitrogens with one attached hydrogen (secondary N) is 1. The third-order valence-corrected chi connectivity index (χ3v) is 3.45. The number of amides is 1. The maximum absolute atomic E-state index is 11.8. The van der Waals surface area contributed by atoms with Crippen LogP contribution < -0.4 is 5.32 Å². The van der Waals surface area contributed by atoms with Crippen LogP contribution in [0, 0.1) is 0 Å². The van der Waals surface area contributed by atoms with Crippen LogP contribution in [-0.4, -0.2) is 53.7 Å². The number of nitrogens with zero attached hydrogens (tertiary/aromatic N) is 1. The summed E-state index contributed by atoms with van der Waals surface area (Å²) in [4.78, 5) is 13.7. The van der Waals surface area contributed by atoms with Gasteiger partial charge in [0.05, 0.1) is 25.5 Å². The third kappa shape index (κ3) is 6.17.